The van der Waals surface area contributed by atoms with Crippen LogP contribution in [0.2, 0.25) is 0 Å². The van der Waals surface area contributed by atoms with E-state index in [4.69, 9.17) is 66.8 Å². The van der Waals surface area contributed by atoms with Crippen molar-refractivity contribution in [1.82, 2.24) is 0 Å². The lowest BCUT2D eigenvalue weighted by Crippen LogP contribution is -2.22. The van der Waals surface area contributed by atoms with Crippen molar-refractivity contribution in [3.63, 3.8) is 0 Å². The van der Waals surface area contributed by atoms with Crippen molar-refractivity contribution in [2.24, 2.45) is 0 Å². The Bertz CT molecular complexity index is 5040. The van der Waals surface area contributed by atoms with Gasteiger partial charge in [0, 0.05) is 24.1 Å². The first-order chi connectivity index (χ1) is 54.5. The van der Waals surface area contributed by atoms with Crippen molar-refractivity contribution in [1.29, 1.82) is 5.26 Å². The van der Waals surface area contributed by atoms with Crippen LogP contribution in [0.4, 0.5) is 26.3 Å². The van der Waals surface area contributed by atoms with Crippen molar-refractivity contribution in [3.05, 3.63) is 301 Å². The molecule has 0 saturated carbocycles. The van der Waals surface area contributed by atoms with E-state index in [1.165, 1.54) is 66.7 Å². The summed E-state index contributed by atoms with van der Waals surface area (Å²) in [7, 11) is 0. The number of benzene rings is 9. The van der Waals surface area contributed by atoms with E-state index in [9.17, 15) is 64.7 Å². The summed E-state index contributed by atoms with van der Waals surface area (Å²) < 4.78 is 152. The molecule has 0 aliphatic heterocycles. The molecule has 24 nitrogen and oxygen atoms in total. The second kappa shape index (κ2) is 51.3. The molecule has 0 aromatic heterocycles. The van der Waals surface area contributed by atoms with E-state index < -0.39 is 84.8 Å². The van der Waals surface area contributed by atoms with Gasteiger partial charge in [0.15, 0.2) is 0 Å². The minimum Gasteiger partial charge on any atom is -0.457 e. The number of carbonyl (C=O) groups is 8. The fourth-order valence-corrected chi connectivity index (χ4v) is 9.59. The maximum atomic E-state index is 12.8. The minimum atomic E-state index is -4.94. The molecule has 30 heteroatoms. The van der Waals surface area contributed by atoms with Gasteiger partial charge in [0.1, 0.15) is 68.6 Å². The lowest BCUT2D eigenvalue weighted by atomic mass is 9.99. The third-order valence-electron chi connectivity index (χ3n) is 15.6. The highest BCUT2D eigenvalue weighted by molar-refractivity contribution is 5.94. The zero-order chi connectivity index (χ0) is 82.5. The Morgan fingerprint density at radius 1 is 0.361 bits per heavy atom. The fraction of sp³-hybridized carbons (Fsp3) is 0.207. The number of esters is 8. The Labute approximate surface area is 705 Å². The molecule has 10 rings (SSSR count). The highest BCUT2D eigenvalue weighted by Crippen LogP contribution is 2.47. The molecule has 0 amide bonds. The molecule has 650 valence electrons. The molecule has 1 aliphatic carbocycles. The average molecular weight is 1700 g/mol. The molecule has 1 unspecified atom stereocenters. The molecule has 0 spiro atoms. The lowest BCUT2D eigenvalue weighted by molar-refractivity contribution is -0.157. The average Bonchev–Trinajstić information content (AvgIpc) is 1.61. The van der Waals surface area contributed by atoms with Crippen LogP contribution in [-0.4, -0.2) is 101 Å². The van der Waals surface area contributed by atoms with E-state index in [0.29, 0.717) is 51.2 Å². The standard InChI is InChI=1S/C36H30O10.C31H22F6O10.C17H13NO3.8CH4/c1-4-34(37)44-21-41-25-8-6-24(7-9-25)36(39)46-29-15-17-31-30-16-14-28(18-32(30)23(3)33(31)19-29)43-20-40-26-10-12-27(13-11-26)42-22-45-35(38)5-2;1-17-14-24(46-28(40)20-4-8-22(9-5-20)42-15-44-26(38)18(2)30(32,33)34)12-13-25(17)47-29(41)21-6-10-23(11-7-21)43-16-45-27(39)19(3)31(35,36)37;1-2-17(19)21-12-20-16-9-7-15(8-10-16)14-5-3-13(11-18)4-6-14;;;;;;;;/h4-19,23H,1-2,20-22H2,3H3;4-14H,2-3,15-16H2,1H3;2-10H,1,12H2;8*1H4. The number of hydrogen-bond donors (Lipinski definition) is 0. The van der Waals surface area contributed by atoms with Crippen LogP contribution >= 0.6 is 0 Å². The van der Waals surface area contributed by atoms with Crippen molar-refractivity contribution in [2.75, 3.05) is 40.8 Å². The van der Waals surface area contributed by atoms with Crippen molar-refractivity contribution < 1.29 is 136 Å². The molecule has 9 aromatic carbocycles. The van der Waals surface area contributed by atoms with Gasteiger partial charge in [0.05, 0.1) is 28.3 Å². The van der Waals surface area contributed by atoms with Crippen molar-refractivity contribution >= 4 is 47.8 Å². The van der Waals surface area contributed by atoms with E-state index in [-0.39, 0.29) is 127 Å². The van der Waals surface area contributed by atoms with Crippen LogP contribution in [0.15, 0.2) is 262 Å². The van der Waals surface area contributed by atoms with E-state index in [1.807, 2.05) is 54.6 Å². The smallest absolute Gasteiger partial charge is 0.422 e. The van der Waals surface area contributed by atoms with Gasteiger partial charge in [-0.15, -0.1) is 0 Å². The SMILES string of the molecule is C.C.C.C.C.C.C.C.C=C(C(=O)OCOc1ccc(C(=O)Oc2ccc(OC(=O)c3ccc(OCOC(=O)C(=C)C(F)(F)F)cc3)c(C)c2)cc1)C(F)(F)F.C=CC(=O)OCOc1ccc(-c2ccc(C#N)cc2)cc1.C=CC(=O)OCOc1ccc(OCOc2ccc3c(c2)C(C)c2cc(OC(=O)c4ccc(OCOC(=O)C=C)cc4)ccc2-3)cc1. The van der Waals surface area contributed by atoms with Crippen LogP contribution in [0.5, 0.6) is 57.5 Å². The number of nitrogens with zero attached hydrogens (tertiary/aromatic N) is 1. The molecule has 9 aromatic rings. The summed E-state index contributed by atoms with van der Waals surface area (Å²) in [5.41, 5.74) is 4.44. The van der Waals surface area contributed by atoms with Gasteiger partial charge in [-0.2, -0.15) is 31.6 Å². The lowest BCUT2D eigenvalue weighted by Gasteiger charge is -2.12. The first kappa shape index (κ1) is 107. The third kappa shape index (κ3) is 32.2. The van der Waals surface area contributed by atoms with Gasteiger partial charge >= 0.3 is 60.1 Å². The van der Waals surface area contributed by atoms with Crippen LogP contribution < -0.4 is 47.4 Å². The molecule has 0 saturated heterocycles. The first-order valence-electron chi connectivity index (χ1n) is 33.2. The zero-order valence-electron chi connectivity index (χ0n) is 60.2. The topological polar surface area (TPSA) is 299 Å². The van der Waals surface area contributed by atoms with Gasteiger partial charge in [-0.1, -0.05) is 136 Å². The van der Waals surface area contributed by atoms with Gasteiger partial charge in [-0.3, -0.25) is 0 Å². The van der Waals surface area contributed by atoms with Gasteiger partial charge < -0.3 is 71.1 Å². The summed E-state index contributed by atoms with van der Waals surface area (Å²) in [6.07, 6.45) is -6.70. The summed E-state index contributed by atoms with van der Waals surface area (Å²) >= 11 is 0. The van der Waals surface area contributed by atoms with Gasteiger partial charge in [0.25, 0.3) is 0 Å². The molecule has 0 fully saturated rings. The number of rotatable bonds is 31. The number of fused-ring (bicyclic) bond motifs is 3. The Morgan fingerprint density at radius 2 is 0.631 bits per heavy atom. The third-order valence-corrected chi connectivity index (χ3v) is 15.6. The molecule has 122 heavy (non-hydrogen) atoms. The Hall–Kier alpha value is -14.9. The van der Waals surface area contributed by atoms with E-state index in [1.54, 1.807) is 85.8 Å². The Balaban J connectivity index is 0.00000185. The maximum absolute atomic E-state index is 12.8. The molecular weight excluding hydrogens is 1600 g/mol. The number of ether oxygens (including phenoxy) is 15. The quantitative estimate of drug-likeness (QED) is 0.00973. The van der Waals surface area contributed by atoms with Gasteiger partial charge in [0.2, 0.25) is 40.8 Å². The molecule has 0 N–H and O–H groups in total. The van der Waals surface area contributed by atoms with Crippen LogP contribution in [0.1, 0.15) is 126 Å². The number of halogens is 6. The van der Waals surface area contributed by atoms with E-state index in [2.05, 4.69) is 55.4 Å². The zero-order valence-corrected chi connectivity index (χ0v) is 60.2. The van der Waals surface area contributed by atoms with Gasteiger partial charge in [-0.25, -0.2) is 38.4 Å². The van der Waals surface area contributed by atoms with Gasteiger partial charge in [-0.05, 0) is 210 Å². The number of carbonyl (C=O) groups excluding carboxylic acids is 8. The molecule has 1 atom stereocenters. The van der Waals surface area contributed by atoms with Crippen molar-refractivity contribution in [3.8, 4) is 85.8 Å². The Morgan fingerprint density at radius 3 is 0.967 bits per heavy atom. The predicted octanol–water partition coefficient (Wildman–Crippen LogP) is 21.4. The van der Waals surface area contributed by atoms with Crippen LogP contribution in [-0.2, 0) is 47.7 Å². The highest BCUT2D eigenvalue weighted by Gasteiger charge is 2.39. The predicted molar refractivity (Wildman–Crippen MR) is 447 cm³/mol. The fourth-order valence-electron chi connectivity index (χ4n) is 9.59. The van der Waals surface area contributed by atoms with Crippen molar-refractivity contribution in [2.45, 2.75) is 91.5 Å². The van der Waals surface area contributed by atoms with Crippen LogP contribution in [0.25, 0.3) is 22.3 Å². The second-order valence-electron chi connectivity index (χ2n) is 23.1. The molecular formula is C92H97F6NO23. The highest BCUT2D eigenvalue weighted by atomic mass is 19.4. The van der Waals surface area contributed by atoms with E-state index >= 15 is 0 Å². The number of alkyl halides is 6. The second-order valence-corrected chi connectivity index (χ2v) is 23.1. The summed E-state index contributed by atoms with van der Waals surface area (Å²) in [4.78, 5) is 93.6. The Kier molecular flexibility index (Phi) is 45.1. The van der Waals surface area contributed by atoms with E-state index in [0.717, 1.165) is 51.6 Å². The largest absolute Gasteiger partial charge is 0.457 e. The summed E-state index contributed by atoms with van der Waals surface area (Å²) in [5.74, 6) is -3.51. The maximum Gasteiger partial charge on any atom is 0.422 e. The normalized spacial score (nSPS) is 10.6. The summed E-state index contributed by atoms with van der Waals surface area (Å²) in [6.45, 7) is 16.5. The summed E-state index contributed by atoms with van der Waals surface area (Å²) in [5, 5.41) is 8.77. The van der Waals surface area contributed by atoms with Crippen LogP contribution in [0.3, 0.4) is 0 Å². The molecule has 0 bridgehead atoms. The number of nitriles is 1. The van der Waals surface area contributed by atoms with Crippen LogP contribution in [0, 0.1) is 18.3 Å². The minimum absolute atomic E-state index is 0. The first-order valence-corrected chi connectivity index (χ1v) is 33.2. The number of aryl methyl sites for hydroxylation is 1. The molecule has 1 aliphatic rings. The monoisotopic (exact) mass is 1700 g/mol. The number of hydrogen-bond acceptors (Lipinski definition) is 24. The molecule has 0 radical (unpaired) electrons. The summed E-state index contributed by atoms with van der Waals surface area (Å²) in [6, 6.07) is 55.9. The molecule has 0 heterocycles.